The fraction of sp³-hybridized carbons (Fsp3) is 0.385. The highest BCUT2D eigenvalue weighted by Crippen LogP contribution is 2.35. The molecule has 2 aromatic heterocycles. The molecule has 0 unspecified atom stereocenters. The number of nitrogens with zero attached hydrogens (tertiary/aromatic N) is 2. The van der Waals surface area contributed by atoms with E-state index in [1.807, 2.05) is 32.0 Å². The molecule has 3 aromatic rings. The number of benzene rings is 1. The molecule has 0 saturated heterocycles. The van der Waals surface area contributed by atoms with E-state index in [0.29, 0.717) is 32.3 Å². The lowest BCUT2D eigenvalue weighted by Crippen LogP contribution is -2.08. The molecule has 0 aliphatic heterocycles. The maximum Gasteiger partial charge on any atom is 0.220 e. The van der Waals surface area contributed by atoms with Gasteiger partial charge in [-0.1, -0.05) is 25.1 Å². The van der Waals surface area contributed by atoms with Gasteiger partial charge in [-0.3, -0.25) is 0 Å². The van der Waals surface area contributed by atoms with Crippen molar-refractivity contribution in [3.63, 3.8) is 0 Å². The van der Waals surface area contributed by atoms with Gasteiger partial charge in [0.25, 0.3) is 0 Å². The molecule has 0 aliphatic carbocycles. The number of hydrogen-bond donors (Lipinski definition) is 0. The SMILES string of the molecule is CCOCc1c(/C(=C\OC)CC)cc(-c2nc3ccccc3cc2COC)nc1OCC. The van der Waals surface area contributed by atoms with Gasteiger partial charge in [-0.05, 0) is 49.6 Å². The summed E-state index contributed by atoms with van der Waals surface area (Å²) in [6.45, 7) is 7.97. The Kier molecular flexibility index (Phi) is 8.59. The average molecular weight is 437 g/mol. The van der Waals surface area contributed by atoms with Crippen molar-refractivity contribution in [2.24, 2.45) is 0 Å². The Morgan fingerprint density at radius 2 is 1.78 bits per heavy atom. The molecule has 6 heteroatoms. The van der Waals surface area contributed by atoms with E-state index in [4.69, 9.17) is 28.9 Å². The van der Waals surface area contributed by atoms with Crippen molar-refractivity contribution >= 4 is 16.5 Å². The molecule has 0 fully saturated rings. The number of methoxy groups -OCH3 is 2. The summed E-state index contributed by atoms with van der Waals surface area (Å²) in [4.78, 5) is 9.83. The molecule has 0 N–H and O–H groups in total. The van der Waals surface area contributed by atoms with Crippen LogP contribution in [0.3, 0.4) is 0 Å². The van der Waals surface area contributed by atoms with Crippen molar-refractivity contribution in [3.8, 4) is 17.3 Å². The van der Waals surface area contributed by atoms with Crippen LogP contribution < -0.4 is 4.74 Å². The van der Waals surface area contributed by atoms with E-state index >= 15 is 0 Å². The van der Waals surface area contributed by atoms with Gasteiger partial charge in [-0.25, -0.2) is 9.97 Å². The largest absolute Gasteiger partial charge is 0.504 e. The van der Waals surface area contributed by atoms with E-state index in [-0.39, 0.29) is 0 Å². The minimum atomic E-state index is 0.408. The van der Waals surface area contributed by atoms with Crippen molar-refractivity contribution in [2.75, 3.05) is 27.4 Å². The van der Waals surface area contributed by atoms with Gasteiger partial charge in [-0.15, -0.1) is 0 Å². The van der Waals surface area contributed by atoms with Crippen LogP contribution in [0.5, 0.6) is 5.88 Å². The normalized spacial score (nSPS) is 11.7. The Balaban J connectivity index is 2.29. The van der Waals surface area contributed by atoms with Crippen LogP contribution in [0.4, 0.5) is 0 Å². The van der Waals surface area contributed by atoms with Gasteiger partial charge in [-0.2, -0.15) is 0 Å². The standard InChI is InChI=1S/C26H32N2O4/c1-6-18(15-29-4)21-14-24(28-26(32-8-3)22(21)17-31-7-2)25-20(16-30-5)13-19-11-9-10-12-23(19)27-25/h9-15H,6-8,16-17H2,1-5H3/b18-15-. The number of hydrogen-bond acceptors (Lipinski definition) is 6. The quantitative estimate of drug-likeness (QED) is 0.355. The van der Waals surface area contributed by atoms with Crippen LogP contribution in [-0.4, -0.2) is 37.4 Å². The first-order chi connectivity index (χ1) is 15.7. The van der Waals surface area contributed by atoms with E-state index in [9.17, 15) is 0 Å². The summed E-state index contributed by atoms with van der Waals surface area (Å²) in [6.07, 6.45) is 2.56. The van der Waals surface area contributed by atoms with E-state index in [1.165, 1.54) is 0 Å². The van der Waals surface area contributed by atoms with Gasteiger partial charge < -0.3 is 18.9 Å². The van der Waals surface area contributed by atoms with Crippen LogP contribution in [-0.2, 0) is 27.4 Å². The van der Waals surface area contributed by atoms with Gasteiger partial charge in [0, 0.05) is 30.2 Å². The van der Waals surface area contributed by atoms with Crippen molar-refractivity contribution in [2.45, 2.75) is 40.4 Å². The van der Waals surface area contributed by atoms with Crippen LogP contribution in [0.15, 0.2) is 42.7 Å². The summed E-state index contributed by atoms with van der Waals surface area (Å²) < 4.78 is 22.6. The Hall–Kier alpha value is -2.96. The maximum absolute atomic E-state index is 5.98. The number of ether oxygens (including phenoxy) is 4. The number of aromatic nitrogens is 2. The van der Waals surface area contributed by atoms with Crippen molar-refractivity contribution in [1.82, 2.24) is 9.97 Å². The summed E-state index contributed by atoms with van der Waals surface area (Å²) in [5, 5.41) is 1.06. The molecule has 170 valence electrons. The molecule has 0 bridgehead atoms. The van der Waals surface area contributed by atoms with Gasteiger partial charge in [0.1, 0.15) is 0 Å². The van der Waals surface area contributed by atoms with Gasteiger partial charge >= 0.3 is 0 Å². The third kappa shape index (κ3) is 5.26. The first-order valence-corrected chi connectivity index (χ1v) is 11.0. The monoisotopic (exact) mass is 436 g/mol. The number of allylic oxidation sites excluding steroid dienone is 1. The van der Waals surface area contributed by atoms with Crippen LogP contribution in [0.2, 0.25) is 0 Å². The number of rotatable bonds is 11. The molecule has 0 aliphatic rings. The molecule has 1 aromatic carbocycles. The zero-order valence-corrected chi connectivity index (χ0v) is 19.6. The van der Waals surface area contributed by atoms with E-state index in [1.54, 1.807) is 20.5 Å². The van der Waals surface area contributed by atoms with Crippen molar-refractivity contribution in [1.29, 1.82) is 0 Å². The lowest BCUT2D eigenvalue weighted by Gasteiger charge is -2.18. The highest BCUT2D eigenvalue weighted by molar-refractivity contribution is 5.83. The van der Waals surface area contributed by atoms with Crippen LogP contribution >= 0.6 is 0 Å². The Labute approximate surface area is 190 Å². The number of fused-ring (bicyclic) bond motifs is 1. The van der Waals surface area contributed by atoms with Crippen LogP contribution in [0.1, 0.15) is 43.9 Å². The van der Waals surface area contributed by atoms with Crippen molar-refractivity contribution < 1.29 is 18.9 Å². The number of para-hydroxylation sites is 1. The summed E-state index contributed by atoms with van der Waals surface area (Å²) in [6, 6.07) is 12.2. The Morgan fingerprint density at radius 1 is 0.969 bits per heavy atom. The lowest BCUT2D eigenvalue weighted by molar-refractivity contribution is 0.130. The topological polar surface area (TPSA) is 62.7 Å². The first-order valence-electron chi connectivity index (χ1n) is 11.0. The summed E-state index contributed by atoms with van der Waals surface area (Å²) in [5.74, 6) is 0.558. The molecule has 3 rings (SSSR count). The van der Waals surface area contributed by atoms with E-state index in [0.717, 1.165) is 51.0 Å². The Bertz CT molecular complexity index is 1080. The average Bonchev–Trinajstić information content (AvgIpc) is 2.81. The first kappa shape index (κ1) is 23.7. The second-order valence-electron chi connectivity index (χ2n) is 7.26. The summed E-state index contributed by atoms with van der Waals surface area (Å²) >= 11 is 0. The second-order valence-corrected chi connectivity index (χ2v) is 7.26. The molecule has 2 heterocycles. The van der Waals surface area contributed by atoms with Gasteiger partial charge in [0.2, 0.25) is 5.88 Å². The lowest BCUT2D eigenvalue weighted by atomic mass is 9.97. The molecular weight excluding hydrogens is 404 g/mol. The predicted molar refractivity (Wildman–Crippen MR) is 127 cm³/mol. The minimum absolute atomic E-state index is 0.408. The zero-order valence-electron chi connectivity index (χ0n) is 19.6. The minimum Gasteiger partial charge on any atom is -0.504 e. The molecule has 0 spiro atoms. The smallest absolute Gasteiger partial charge is 0.220 e. The van der Waals surface area contributed by atoms with Gasteiger partial charge in [0.05, 0.1) is 50.1 Å². The van der Waals surface area contributed by atoms with Crippen LogP contribution in [0.25, 0.3) is 27.9 Å². The molecule has 0 radical (unpaired) electrons. The van der Waals surface area contributed by atoms with Gasteiger partial charge in [0.15, 0.2) is 0 Å². The summed E-state index contributed by atoms with van der Waals surface area (Å²) in [7, 11) is 3.34. The second kappa shape index (κ2) is 11.6. The van der Waals surface area contributed by atoms with Crippen molar-refractivity contribution in [3.05, 3.63) is 59.4 Å². The fourth-order valence-corrected chi connectivity index (χ4v) is 3.68. The van der Waals surface area contributed by atoms with E-state index in [2.05, 4.69) is 25.1 Å². The van der Waals surface area contributed by atoms with E-state index < -0.39 is 0 Å². The summed E-state index contributed by atoms with van der Waals surface area (Å²) in [5.41, 5.74) is 6.34. The predicted octanol–water partition coefficient (Wildman–Crippen LogP) is 5.78. The zero-order chi connectivity index (χ0) is 22.9. The molecular formula is C26H32N2O4. The van der Waals surface area contributed by atoms with Crippen LogP contribution in [0, 0.1) is 0 Å². The molecule has 0 saturated carbocycles. The third-order valence-corrected chi connectivity index (χ3v) is 5.15. The Morgan fingerprint density at radius 3 is 2.47 bits per heavy atom. The third-order valence-electron chi connectivity index (χ3n) is 5.15. The highest BCUT2D eigenvalue weighted by atomic mass is 16.5. The maximum atomic E-state index is 5.98. The molecule has 0 atom stereocenters. The number of pyridine rings is 2. The highest BCUT2D eigenvalue weighted by Gasteiger charge is 2.20. The fourth-order valence-electron chi connectivity index (χ4n) is 3.68. The molecule has 32 heavy (non-hydrogen) atoms. The molecule has 6 nitrogen and oxygen atoms in total. The molecule has 0 amide bonds.